The Morgan fingerprint density at radius 2 is 1.47 bits per heavy atom. The van der Waals surface area contributed by atoms with Crippen LogP contribution >= 0.6 is 0 Å². The molecule has 0 fully saturated rings. The summed E-state index contributed by atoms with van der Waals surface area (Å²) in [5.41, 5.74) is 1.32. The molecule has 0 aromatic heterocycles. The van der Waals surface area contributed by atoms with Gasteiger partial charge in [-0.15, -0.1) is 12.8 Å². The summed E-state index contributed by atoms with van der Waals surface area (Å²) in [4.78, 5) is 14.4. The topological polar surface area (TPSA) is 29.4 Å². The lowest BCUT2D eigenvalue weighted by Gasteiger charge is -1.82. The summed E-state index contributed by atoms with van der Waals surface area (Å²) in [5.74, 6) is -0.152. The minimum atomic E-state index is -0.152. The Morgan fingerprint density at radius 1 is 0.895 bits per heavy atom. The second-order valence-electron chi connectivity index (χ2n) is 3.81. The molecule has 0 N–H and O–H groups in total. The molecule has 0 spiro atoms. The first kappa shape index (κ1) is 14.4. The number of carbonyl (C=O) groups is 1. The fourth-order valence-electron chi connectivity index (χ4n) is 1.53. The van der Waals surface area contributed by atoms with Crippen LogP contribution in [0.4, 0.5) is 0 Å². The molecule has 2 aromatic rings. The fourth-order valence-corrected chi connectivity index (χ4v) is 1.53. The second kappa shape index (κ2) is 7.62. The lowest BCUT2D eigenvalue weighted by Crippen LogP contribution is -2.19. The van der Waals surface area contributed by atoms with Crippen LogP contribution in [0, 0.1) is 19.8 Å². The smallest absolute Gasteiger partial charge is 0.267 e. The number of rotatable bonds is 0. The van der Waals surface area contributed by atoms with Gasteiger partial charge < -0.3 is 0 Å². The zero-order chi connectivity index (χ0) is 14.1. The van der Waals surface area contributed by atoms with Crippen LogP contribution in [0.1, 0.15) is 5.56 Å². The maximum atomic E-state index is 10.7. The Kier molecular flexibility index (Phi) is 5.78. The van der Waals surface area contributed by atoms with E-state index in [4.69, 9.17) is 0 Å². The molecule has 3 rings (SSSR count). The summed E-state index contributed by atoms with van der Waals surface area (Å²) in [6, 6.07) is 17.7. The van der Waals surface area contributed by atoms with Gasteiger partial charge >= 0.3 is 0 Å². The molecule has 0 aliphatic carbocycles. The predicted molar refractivity (Wildman–Crippen MR) is 77.8 cm³/mol. The highest BCUT2D eigenvalue weighted by Crippen LogP contribution is 1.92. The van der Waals surface area contributed by atoms with Crippen molar-refractivity contribution in [1.29, 1.82) is 0 Å². The molecule has 94 valence electrons. The SMILES string of the molecule is C#C.Cc1ccccc1.O=C1C=c2ccccc2=N1. The number of nitrogens with zero attached hydrogens (tertiary/aromatic N) is 1. The van der Waals surface area contributed by atoms with Gasteiger partial charge in [-0.25, -0.2) is 4.99 Å². The van der Waals surface area contributed by atoms with E-state index in [0.29, 0.717) is 0 Å². The monoisotopic (exact) mass is 249 g/mol. The standard InChI is InChI=1S/C8H5NO.C7H8.C2H2/c10-8-5-6-3-1-2-4-7(6)9-8;1-7-5-3-2-4-6-7;1-2/h1-5H;2-6H,1H3;1-2H. The van der Waals surface area contributed by atoms with Crippen LogP contribution < -0.4 is 10.6 Å². The number of fused-ring (bicyclic) bond motifs is 1. The molecule has 0 unspecified atom stereocenters. The van der Waals surface area contributed by atoms with Crippen LogP contribution in [-0.4, -0.2) is 5.91 Å². The van der Waals surface area contributed by atoms with E-state index in [1.807, 2.05) is 42.5 Å². The van der Waals surface area contributed by atoms with Crippen molar-refractivity contribution in [3.8, 4) is 12.8 Å². The van der Waals surface area contributed by atoms with Gasteiger partial charge in [0.25, 0.3) is 5.91 Å². The molecule has 2 aromatic carbocycles. The maximum Gasteiger partial charge on any atom is 0.270 e. The Morgan fingerprint density at radius 3 is 2.00 bits per heavy atom. The number of hydrogen-bond acceptors (Lipinski definition) is 1. The van der Waals surface area contributed by atoms with E-state index in [-0.39, 0.29) is 5.91 Å². The summed E-state index contributed by atoms with van der Waals surface area (Å²) >= 11 is 0. The third-order valence-corrected chi connectivity index (χ3v) is 2.39. The number of amides is 1. The van der Waals surface area contributed by atoms with E-state index in [0.717, 1.165) is 10.6 Å². The molecule has 0 saturated carbocycles. The van der Waals surface area contributed by atoms with Crippen LogP contribution in [-0.2, 0) is 4.79 Å². The molecule has 19 heavy (non-hydrogen) atoms. The minimum Gasteiger partial charge on any atom is -0.267 e. The van der Waals surface area contributed by atoms with Crippen molar-refractivity contribution in [3.63, 3.8) is 0 Å². The summed E-state index contributed by atoms with van der Waals surface area (Å²) in [7, 11) is 0. The van der Waals surface area contributed by atoms with Crippen LogP contribution in [0.25, 0.3) is 6.08 Å². The van der Waals surface area contributed by atoms with Gasteiger partial charge in [-0.2, -0.15) is 0 Å². The highest BCUT2D eigenvalue weighted by Gasteiger charge is 1.99. The van der Waals surface area contributed by atoms with E-state index in [9.17, 15) is 4.79 Å². The molecular weight excluding hydrogens is 234 g/mol. The molecule has 0 radical (unpaired) electrons. The minimum absolute atomic E-state index is 0.152. The first-order valence-corrected chi connectivity index (χ1v) is 5.80. The molecule has 2 heteroatoms. The van der Waals surface area contributed by atoms with E-state index in [2.05, 4.69) is 36.9 Å². The zero-order valence-electron chi connectivity index (χ0n) is 10.8. The number of hydrogen-bond donors (Lipinski definition) is 0. The fraction of sp³-hybridized carbons (Fsp3) is 0.0588. The summed E-state index contributed by atoms with van der Waals surface area (Å²) in [6.45, 7) is 2.08. The Labute approximate surface area is 113 Å². The van der Waals surface area contributed by atoms with E-state index < -0.39 is 0 Å². The molecule has 1 aliphatic heterocycles. The zero-order valence-corrected chi connectivity index (χ0v) is 10.8. The molecule has 0 atom stereocenters. The van der Waals surface area contributed by atoms with E-state index >= 15 is 0 Å². The average Bonchev–Trinajstić information content (AvgIpc) is 2.82. The first-order valence-electron chi connectivity index (χ1n) is 5.80. The quantitative estimate of drug-likeness (QED) is 0.655. The predicted octanol–water partition coefficient (Wildman–Crippen LogP) is 1.87. The van der Waals surface area contributed by atoms with Gasteiger partial charge in [0, 0.05) is 11.3 Å². The molecule has 0 bridgehead atoms. The normalized spacial score (nSPS) is 10.6. The lowest BCUT2D eigenvalue weighted by molar-refractivity contribution is -0.112. The third kappa shape index (κ3) is 4.61. The molecule has 1 amide bonds. The number of terminal acetylenes is 1. The Bertz CT molecular complexity index is 632. The molecule has 1 aliphatic rings. The van der Waals surface area contributed by atoms with Crippen molar-refractivity contribution in [2.75, 3.05) is 0 Å². The summed E-state index contributed by atoms with van der Waals surface area (Å²) in [5, 5.41) is 1.71. The number of para-hydroxylation sites is 1. The largest absolute Gasteiger partial charge is 0.270 e. The number of benzene rings is 2. The Hall–Kier alpha value is -2.66. The Balaban J connectivity index is 0.000000177. The van der Waals surface area contributed by atoms with Gasteiger partial charge in [-0.05, 0) is 13.0 Å². The summed E-state index contributed by atoms with van der Waals surface area (Å²) in [6.07, 6.45) is 9.54. The van der Waals surface area contributed by atoms with Gasteiger partial charge in [0.1, 0.15) is 0 Å². The lowest BCUT2D eigenvalue weighted by atomic mass is 10.2. The van der Waals surface area contributed by atoms with Crippen LogP contribution in [0.3, 0.4) is 0 Å². The average molecular weight is 249 g/mol. The number of carbonyl (C=O) groups excluding carboxylic acids is 1. The van der Waals surface area contributed by atoms with Crippen molar-refractivity contribution in [3.05, 3.63) is 70.7 Å². The molecule has 1 heterocycles. The van der Waals surface area contributed by atoms with Gasteiger partial charge in [0.2, 0.25) is 0 Å². The molecular formula is C17H15NO. The highest BCUT2D eigenvalue weighted by molar-refractivity contribution is 6.06. The van der Waals surface area contributed by atoms with Gasteiger partial charge in [-0.1, -0.05) is 54.1 Å². The highest BCUT2D eigenvalue weighted by atomic mass is 16.1. The van der Waals surface area contributed by atoms with Crippen LogP contribution in [0.2, 0.25) is 0 Å². The summed E-state index contributed by atoms with van der Waals surface area (Å²) < 4.78 is 0. The van der Waals surface area contributed by atoms with Crippen molar-refractivity contribution in [1.82, 2.24) is 0 Å². The van der Waals surface area contributed by atoms with Gasteiger partial charge in [0.05, 0.1) is 5.36 Å². The molecule has 2 nitrogen and oxygen atoms in total. The van der Waals surface area contributed by atoms with Gasteiger partial charge in [0.15, 0.2) is 0 Å². The maximum absolute atomic E-state index is 10.7. The van der Waals surface area contributed by atoms with Crippen molar-refractivity contribution in [2.24, 2.45) is 4.99 Å². The van der Waals surface area contributed by atoms with Crippen LogP contribution in [0.5, 0.6) is 0 Å². The number of aryl methyl sites for hydroxylation is 1. The van der Waals surface area contributed by atoms with E-state index in [1.165, 1.54) is 11.6 Å². The first-order chi connectivity index (χ1) is 9.25. The van der Waals surface area contributed by atoms with E-state index in [1.54, 1.807) is 0 Å². The van der Waals surface area contributed by atoms with Crippen LogP contribution in [0.15, 0.2) is 59.6 Å². The van der Waals surface area contributed by atoms with Gasteiger partial charge in [-0.3, -0.25) is 4.79 Å². The van der Waals surface area contributed by atoms with Crippen molar-refractivity contribution >= 4 is 12.0 Å². The van der Waals surface area contributed by atoms with Crippen molar-refractivity contribution < 1.29 is 4.79 Å². The second-order valence-corrected chi connectivity index (χ2v) is 3.81. The third-order valence-electron chi connectivity index (χ3n) is 2.39. The molecule has 0 saturated heterocycles. The van der Waals surface area contributed by atoms with Crippen molar-refractivity contribution in [2.45, 2.75) is 6.92 Å².